The van der Waals surface area contributed by atoms with Crippen LogP contribution in [0.25, 0.3) is 0 Å². The van der Waals surface area contributed by atoms with Gasteiger partial charge >= 0.3 is 5.97 Å². The van der Waals surface area contributed by atoms with Crippen molar-refractivity contribution in [1.82, 2.24) is 0 Å². The Balaban J connectivity index is 1.63. The molecule has 0 radical (unpaired) electrons. The highest BCUT2D eigenvalue weighted by Crippen LogP contribution is 2.40. The molecule has 192 valence electrons. The van der Waals surface area contributed by atoms with Crippen LogP contribution in [-0.2, 0) is 15.0 Å². The maximum absolute atomic E-state index is 13.1. The van der Waals surface area contributed by atoms with Crippen molar-refractivity contribution in [1.29, 1.82) is 0 Å². The number of rotatable bonds is 8. The summed E-state index contributed by atoms with van der Waals surface area (Å²) in [5.41, 5.74) is 2.76. The van der Waals surface area contributed by atoms with Crippen molar-refractivity contribution >= 4 is 29.0 Å². The van der Waals surface area contributed by atoms with Gasteiger partial charge in [-0.25, -0.2) is 0 Å². The SMILES string of the molecule is COc1ccc(C(=O)CC2CC(N(C(C)=O)c3ccc(C(C)(C)C(=O)O)cc3)c3ccccc3N2)cc1. The van der Waals surface area contributed by atoms with Gasteiger partial charge in [-0.2, -0.15) is 0 Å². The number of methoxy groups -OCH3 is 1. The molecule has 0 aromatic heterocycles. The molecule has 7 heteroatoms. The monoisotopic (exact) mass is 500 g/mol. The Hall–Kier alpha value is -4.13. The minimum atomic E-state index is -1.05. The van der Waals surface area contributed by atoms with E-state index in [0.29, 0.717) is 29.0 Å². The zero-order valence-corrected chi connectivity index (χ0v) is 21.5. The molecule has 37 heavy (non-hydrogen) atoms. The van der Waals surface area contributed by atoms with Gasteiger partial charge in [0.15, 0.2) is 5.78 Å². The van der Waals surface area contributed by atoms with Crippen LogP contribution in [0.3, 0.4) is 0 Å². The highest BCUT2D eigenvalue weighted by molar-refractivity contribution is 5.97. The summed E-state index contributed by atoms with van der Waals surface area (Å²) in [7, 11) is 1.59. The van der Waals surface area contributed by atoms with E-state index in [0.717, 1.165) is 11.3 Å². The lowest BCUT2D eigenvalue weighted by atomic mass is 9.84. The first-order chi connectivity index (χ1) is 17.6. The Bertz CT molecular complexity index is 1300. The van der Waals surface area contributed by atoms with Crippen molar-refractivity contribution in [3.8, 4) is 5.75 Å². The summed E-state index contributed by atoms with van der Waals surface area (Å²) in [6.45, 7) is 4.83. The lowest BCUT2D eigenvalue weighted by Gasteiger charge is -2.39. The number of aliphatic carboxylic acids is 1. The molecule has 0 aliphatic carbocycles. The molecule has 0 saturated heterocycles. The average molecular weight is 501 g/mol. The predicted molar refractivity (Wildman–Crippen MR) is 143 cm³/mol. The van der Waals surface area contributed by atoms with E-state index >= 15 is 0 Å². The van der Waals surface area contributed by atoms with E-state index in [1.165, 1.54) is 6.92 Å². The summed E-state index contributed by atoms with van der Waals surface area (Å²) in [5.74, 6) is -0.350. The van der Waals surface area contributed by atoms with Crippen LogP contribution in [-0.4, -0.2) is 35.9 Å². The standard InChI is InChI=1S/C30H32N2O5/c1-19(33)32(23-13-11-21(12-14-23)30(2,3)29(35)36)27-17-22(31-26-8-6-5-7-25(26)27)18-28(34)20-9-15-24(37-4)16-10-20/h5-16,22,27,31H,17-18H2,1-4H3,(H,35,36). The number of ether oxygens (including phenoxy) is 1. The first kappa shape index (κ1) is 25.9. The molecule has 0 saturated carbocycles. The second-order valence-electron chi connectivity index (χ2n) is 9.90. The first-order valence-electron chi connectivity index (χ1n) is 12.3. The molecule has 3 aromatic rings. The molecule has 0 fully saturated rings. The first-order valence-corrected chi connectivity index (χ1v) is 12.3. The van der Waals surface area contributed by atoms with E-state index < -0.39 is 11.4 Å². The topological polar surface area (TPSA) is 95.9 Å². The molecule has 2 atom stereocenters. The normalized spacial score (nSPS) is 16.8. The number of para-hydroxylation sites is 1. The number of hydrogen-bond acceptors (Lipinski definition) is 5. The lowest BCUT2D eigenvalue weighted by molar-refractivity contribution is -0.142. The van der Waals surface area contributed by atoms with E-state index in [9.17, 15) is 19.5 Å². The van der Waals surface area contributed by atoms with Gasteiger partial charge in [0.05, 0.1) is 18.6 Å². The highest BCUT2D eigenvalue weighted by atomic mass is 16.5. The van der Waals surface area contributed by atoms with Crippen molar-refractivity contribution in [2.24, 2.45) is 0 Å². The summed E-state index contributed by atoms with van der Waals surface area (Å²) < 4.78 is 5.19. The summed E-state index contributed by atoms with van der Waals surface area (Å²) >= 11 is 0. The van der Waals surface area contributed by atoms with E-state index in [2.05, 4.69) is 5.32 Å². The maximum atomic E-state index is 13.1. The quantitative estimate of drug-likeness (QED) is 0.391. The second kappa shape index (κ2) is 10.5. The van der Waals surface area contributed by atoms with Crippen LogP contribution in [0.1, 0.15) is 61.1 Å². The van der Waals surface area contributed by atoms with Gasteiger partial charge in [0.1, 0.15) is 5.75 Å². The third-order valence-electron chi connectivity index (χ3n) is 7.08. The van der Waals surface area contributed by atoms with E-state index in [4.69, 9.17) is 4.74 Å². The molecule has 1 heterocycles. The summed E-state index contributed by atoms with van der Waals surface area (Å²) in [6.07, 6.45) is 0.815. The zero-order valence-electron chi connectivity index (χ0n) is 21.5. The number of ketones is 1. The van der Waals surface area contributed by atoms with Crippen LogP contribution < -0.4 is 15.0 Å². The smallest absolute Gasteiger partial charge is 0.313 e. The number of nitrogens with one attached hydrogen (secondary N) is 1. The van der Waals surface area contributed by atoms with Gasteiger partial charge in [0.2, 0.25) is 5.91 Å². The average Bonchev–Trinajstić information content (AvgIpc) is 2.89. The molecule has 1 aliphatic rings. The zero-order chi connectivity index (χ0) is 26.7. The molecule has 0 spiro atoms. The van der Waals surface area contributed by atoms with E-state index in [-0.39, 0.29) is 30.2 Å². The number of carboxylic acid groups (broad SMARTS) is 1. The molecule has 7 nitrogen and oxygen atoms in total. The molecule has 4 rings (SSSR count). The number of fused-ring (bicyclic) bond motifs is 1. The van der Waals surface area contributed by atoms with Crippen molar-refractivity contribution in [2.45, 2.75) is 51.1 Å². The maximum Gasteiger partial charge on any atom is 0.313 e. The molecule has 3 aromatic carbocycles. The van der Waals surface area contributed by atoms with Gasteiger partial charge in [-0.15, -0.1) is 0 Å². The Kier molecular flexibility index (Phi) is 7.34. The van der Waals surface area contributed by atoms with Gasteiger partial charge in [0, 0.05) is 36.3 Å². The molecule has 2 unspecified atom stereocenters. The van der Waals surface area contributed by atoms with Crippen molar-refractivity contribution in [3.63, 3.8) is 0 Å². The Morgan fingerprint density at radius 2 is 1.65 bits per heavy atom. The van der Waals surface area contributed by atoms with Crippen LogP contribution in [0.4, 0.5) is 11.4 Å². The Labute approximate surface area is 217 Å². The van der Waals surface area contributed by atoms with E-state index in [1.54, 1.807) is 74.4 Å². The Morgan fingerprint density at radius 3 is 2.24 bits per heavy atom. The molecular formula is C30H32N2O5. The fourth-order valence-corrected chi connectivity index (χ4v) is 4.84. The van der Waals surface area contributed by atoms with Gasteiger partial charge < -0.3 is 20.1 Å². The van der Waals surface area contributed by atoms with Crippen molar-refractivity contribution < 1.29 is 24.2 Å². The van der Waals surface area contributed by atoms with Crippen molar-refractivity contribution in [3.05, 3.63) is 89.5 Å². The Morgan fingerprint density at radius 1 is 1.00 bits per heavy atom. The summed E-state index contributed by atoms with van der Waals surface area (Å²) in [6, 6.07) is 21.5. The number of Topliss-reactive ketones (excluding diaryl/α,β-unsaturated/α-hetero) is 1. The minimum Gasteiger partial charge on any atom is -0.497 e. The molecule has 1 aliphatic heterocycles. The van der Waals surface area contributed by atoms with Gasteiger partial charge in [-0.05, 0) is 73.9 Å². The number of amides is 1. The van der Waals surface area contributed by atoms with Crippen LogP contribution in [0, 0.1) is 0 Å². The van der Waals surface area contributed by atoms with Crippen LogP contribution in [0.2, 0.25) is 0 Å². The van der Waals surface area contributed by atoms with Crippen LogP contribution >= 0.6 is 0 Å². The van der Waals surface area contributed by atoms with Crippen LogP contribution in [0.15, 0.2) is 72.8 Å². The van der Waals surface area contributed by atoms with Gasteiger partial charge in [0.25, 0.3) is 0 Å². The number of anilines is 2. The largest absolute Gasteiger partial charge is 0.497 e. The number of carbonyl (C=O) groups excluding carboxylic acids is 2. The third kappa shape index (κ3) is 5.35. The third-order valence-corrected chi connectivity index (χ3v) is 7.08. The predicted octanol–water partition coefficient (Wildman–Crippen LogP) is 5.61. The number of nitrogens with zero attached hydrogens (tertiary/aromatic N) is 1. The number of carbonyl (C=O) groups is 3. The lowest BCUT2D eigenvalue weighted by Crippen LogP contribution is -2.41. The number of hydrogen-bond donors (Lipinski definition) is 2. The number of benzene rings is 3. The van der Waals surface area contributed by atoms with Gasteiger partial charge in [-0.3, -0.25) is 14.4 Å². The molecule has 0 bridgehead atoms. The number of carboxylic acids is 1. The molecule has 1 amide bonds. The highest BCUT2D eigenvalue weighted by Gasteiger charge is 2.35. The second-order valence-corrected chi connectivity index (χ2v) is 9.90. The molecule has 2 N–H and O–H groups in total. The molecular weight excluding hydrogens is 468 g/mol. The fourth-order valence-electron chi connectivity index (χ4n) is 4.84. The van der Waals surface area contributed by atoms with Crippen molar-refractivity contribution in [2.75, 3.05) is 17.3 Å². The fraction of sp³-hybridized carbons (Fsp3) is 0.300. The van der Waals surface area contributed by atoms with Gasteiger partial charge in [-0.1, -0.05) is 30.3 Å². The summed E-state index contributed by atoms with van der Waals surface area (Å²) in [5, 5.41) is 13.1. The van der Waals surface area contributed by atoms with Crippen LogP contribution in [0.5, 0.6) is 5.75 Å². The van der Waals surface area contributed by atoms with E-state index in [1.807, 2.05) is 24.3 Å². The summed E-state index contributed by atoms with van der Waals surface area (Å²) in [4.78, 5) is 39.5. The minimum absolute atomic E-state index is 0.00733.